The third-order valence-corrected chi connectivity index (χ3v) is 5.47. The van der Waals surface area contributed by atoms with Crippen molar-refractivity contribution in [3.8, 4) is 0 Å². The third-order valence-electron chi connectivity index (χ3n) is 5.47. The van der Waals surface area contributed by atoms with Crippen LogP contribution in [-0.2, 0) is 14.0 Å². The highest BCUT2D eigenvalue weighted by Crippen LogP contribution is 2.37. The molecule has 132 valence electrons. The lowest BCUT2D eigenvalue weighted by Gasteiger charge is -2.32. The van der Waals surface area contributed by atoms with Gasteiger partial charge in [0.1, 0.15) is 0 Å². The molecule has 2 aliphatic rings. The zero-order valence-electron chi connectivity index (χ0n) is 14.8. The van der Waals surface area contributed by atoms with Gasteiger partial charge in [0.15, 0.2) is 0 Å². The number of benzene rings is 1. The van der Waals surface area contributed by atoms with Crippen molar-refractivity contribution < 1.29 is 23.9 Å². The van der Waals surface area contributed by atoms with Crippen LogP contribution in [0.4, 0.5) is 0 Å². The van der Waals surface area contributed by atoms with Crippen molar-refractivity contribution in [3.63, 3.8) is 0 Å². The van der Waals surface area contributed by atoms with Crippen LogP contribution in [-0.4, -0.2) is 52.4 Å². The zero-order valence-corrected chi connectivity index (χ0v) is 14.8. The molecule has 0 amide bonds. The van der Waals surface area contributed by atoms with E-state index in [-0.39, 0.29) is 11.6 Å². The molecule has 0 unspecified atom stereocenters. The zero-order chi connectivity index (χ0) is 18.0. The topological polar surface area (TPSA) is 82.8 Å². The Morgan fingerprint density at radius 2 is 1.88 bits per heavy atom. The molecule has 4 rings (SSSR count). The normalized spacial score (nSPS) is 22.3. The first-order chi connectivity index (χ1) is 11.7. The van der Waals surface area contributed by atoms with E-state index < -0.39 is 24.3 Å². The van der Waals surface area contributed by atoms with Crippen LogP contribution in [0.2, 0.25) is 0 Å². The second kappa shape index (κ2) is 5.30. The summed E-state index contributed by atoms with van der Waals surface area (Å²) in [5.74, 6) is -0.989. The molecule has 2 aliphatic heterocycles. The molecule has 1 N–H and O–H groups in total. The van der Waals surface area contributed by atoms with E-state index in [0.717, 1.165) is 10.9 Å². The average molecular weight is 344 g/mol. The summed E-state index contributed by atoms with van der Waals surface area (Å²) in [7, 11) is -0.637. The van der Waals surface area contributed by atoms with Crippen LogP contribution in [0.25, 0.3) is 10.9 Å². The fourth-order valence-corrected chi connectivity index (χ4v) is 3.12. The van der Waals surface area contributed by atoms with E-state index in [9.17, 15) is 9.90 Å². The van der Waals surface area contributed by atoms with E-state index in [2.05, 4.69) is 5.10 Å². The van der Waals surface area contributed by atoms with E-state index in [4.69, 9.17) is 14.0 Å². The van der Waals surface area contributed by atoms with Crippen molar-refractivity contribution in [2.45, 2.75) is 44.9 Å². The van der Waals surface area contributed by atoms with Crippen LogP contribution in [0, 0.1) is 0 Å². The van der Waals surface area contributed by atoms with Gasteiger partial charge in [0.05, 0.1) is 47.7 Å². The van der Waals surface area contributed by atoms with E-state index in [0.29, 0.717) is 18.7 Å². The Kier molecular flexibility index (Phi) is 3.51. The second-order valence-corrected chi connectivity index (χ2v) is 7.67. The molecule has 3 heterocycles. The Morgan fingerprint density at radius 1 is 1.24 bits per heavy atom. The molecule has 0 spiro atoms. The predicted octanol–water partition coefficient (Wildman–Crippen LogP) is 1.60. The van der Waals surface area contributed by atoms with Crippen LogP contribution in [0.15, 0.2) is 18.3 Å². The molecule has 8 heteroatoms. The average Bonchev–Trinajstić information content (AvgIpc) is 2.95. The second-order valence-electron chi connectivity index (χ2n) is 7.67. The molecule has 1 aromatic heterocycles. The fraction of sp³-hybridized carbons (Fsp3) is 0.529. The molecule has 2 saturated heterocycles. The van der Waals surface area contributed by atoms with Gasteiger partial charge in [0, 0.05) is 5.39 Å². The van der Waals surface area contributed by atoms with Crippen molar-refractivity contribution in [2.75, 3.05) is 13.2 Å². The van der Waals surface area contributed by atoms with Crippen LogP contribution < -0.4 is 5.46 Å². The summed E-state index contributed by atoms with van der Waals surface area (Å²) in [4.78, 5) is 11.6. The molecule has 7 nitrogen and oxygen atoms in total. The molecule has 25 heavy (non-hydrogen) atoms. The number of aromatic nitrogens is 2. The fourth-order valence-electron chi connectivity index (χ4n) is 3.12. The van der Waals surface area contributed by atoms with Gasteiger partial charge < -0.3 is 19.2 Å². The van der Waals surface area contributed by atoms with Gasteiger partial charge in [-0.15, -0.1) is 0 Å². The number of aromatic carboxylic acids is 1. The first-order valence-electron chi connectivity index (χ1n) is 8.37. The number of hydrogen-bond acceptors (Lipinski definition) is 5. The van der Waals surface area contributed by atoms with Gasteiger partial charge in [-0.1, -0.05) is 0 Å². The number of fused-ring (bicyclic) bond motifs is 1. The van der Waals surface area contributed by atoms with E-state index in [1.165, 1.54) is 0 Å². The monoisotopic (exact) mass is 344 g/mol. The van der Waals surface area contributed by atoms with Gasteiger partial charge >= 0.3 is 13.1 Å². The van der Waals surface area contributed by atoms with Gasteiger partial charge in [-0.25, -0.2) is 4.79 Å². The van der Waals surface area contributed by atoms with Crippen molar-refractivity contribution in [3.05, 3.63) is 23.9 Å². The minimum atomic E-state index is -0.989. The highest BCUT2D eigenvalue weighted by Gasteiger charge is 2.52. The number of nitrogens with zero attached hydrogens (tertiary/aromatic N) is 2. The number of rotatable bonds is 3. The standard InChI is InChI=1S/C17H21BN2O5/c1-16(2)17(3,4)25-18(24-16)13-5-10(15(21)22)6-14-12(13)7-19-20(14)11-8-23-9-11/h5-7,11H,8-9H2,1-4H3,(H,21,22). The Labute approximate surface area is 146 Å². The lowest BCUT2D eigenvalue weighted by Crippen LogP contribution is -2.41. The van der Waals surface area contributed by atoms with Crippen LogP contribution in [0.5, 0.6) is 0 Å². The minimum Gasteiger partial charge on any atom is -0.478 e. The summed E-state index contributed by atoms with van der Waals surface area (Å²) in [5.41, 5.74) is 0.652. The maximum absolute atomic E-state index is 11.6. The van der Waals surface area contributed by atoms with Crippen molar-refractivity contribution in [2.24, 2.45) is 0 Å². The van der Waals surface area contributed by atoms with Crippen LogP contribution >= 0.6 is 0 Å². The predicted molar refractivity (Wildman–Crippen MR) is 92.3 cm³/mol. The van der Waals surface area contributed by atoms with Crippen LogP contribution in [0.1, 0.15) is 44.1 Å². The van der Waals surface area contributed by atoms with Crippen LogP contribution in [0.3, 0.4) is 0 Å². The molecule has 2 fully saturated rings. The number of carboxylic acid groups (broad SMARTS) is 1. The largest absolute Gasteiger partial charge is 0.495 e. The SMILES string of the molecule is CC1(C)OB(c2cc(C(=O)O)cc3c2cnn3C2COC2)OC1(C)C. The number of ether oxygens (including phenoxy) is 1. The molecule has 0 saturated carbocycles. The minimum absolute atomic E-state index is 0.132. The van der Waals surface area contributed by atoms with Gasteiger partial charge in [-0.05, 0) is 45.3 Å². The number of carboxylic acids is 1. The summed E-state index contributed by atoms with van der Waals surface area (Å²) in [5, 5.41) is 14.8. The Balaban J connectivity index is 1.86. The van der Waals surface area contributed by atoms with Crippen molar-refractivity contribution in [1.29, 1.82) is 0 Å². The number of hydrogen-bond donors (Lipinski definition) is 1. The molecule has 0 aliphatic carbocycles. The first kappa shape index (κ1) is 16.6. The molecule has 2 aromatic rings. The summed E-state index contributed by atoms with van der Waals surface area (Å²) < 4.78 is 19.3. The maximum Gasteiger partial charge on any atom is 0.495 e. The van der Waals surface area contributed by atoms with E-state index in [1.807, 2.05) is 32.4 Å². The lowest BCUT2D eigenvalue weighted by atomic mass is 9.76. The first-order valence-corrected chi connectivity index (χ1v) is 8.37. The Bertz CT molecular complexity index is 840. The third kappa shape index (κ3) is 2.47. The van der Waals surface area contributed by atoms with E-state index >= 15 is 0 Å². The molecule has 0 atom stereocenters. The highest BCUT2D eigenvalue weighted by atomic mass is 16.7. The Hall–Kier alpha value is -1.90. The summed E-state index contributed by atoms with van der Waals surface area (Å²) >= 11 is 0. The highest BCUT2D eigenvalue weighted by molar-refractivity contribution is 6.65. The lowest BCUT2D eigenvalue weighted by molar-refractivity contribution is -0.0266. The van der Waals surface area contributed by atoms with Crippen molar-refractivity contribution in [1.82, 2.24) is 9.78 Å². The molecular formula is C17H21BN2O5. The van der Waals surface area contributed by atoms with Gasteiger partial charge in [-0.2, -0.15) is 5.10 Å². The quantitative estimate of drug-likeness (QED) is 0.852. The summed E-state index contributed by atoms with van der Waals surface area (Å²) in [6, 6.07) is 3.40. The van der Waals surface area contributed by atoms with Gasteiger partial charge in [0.25, 0.3) is 0 Å². The van der Waals surface area contributed by atoms with Crippen molar-refractivity contribution >= 4 is 29.5 Å². The smallest absolute Gasteiger partial charge is 0.478 e. The molecular weight excluding hydrogens is 323 g/mol. The summed E-state index contributed by atoms with van der Waals surface area (Å²) in [6.07, 6.45) is 1.75. The summed E-state index contributed by atoms with van der Waals surface area (Å²) in [6.45, 7) is 9.06. The molecule has 0 bridgehead atoms. The Morgan fingerprint density at radius 3 is 2.40 bits per heavy atom. The maximum atomic E-state index is 11.6. The van der Waals surface area contributed by atoms with Gasteiger partial charge in [-0.3, -0.25) is 4.68 Å². The van der Waals surface area contributed by atoms with E-state index in [1.54, 1.807) is 18.3 Å². The van der Waals surface area contributed by atoms with Gasteiger partial charge in [0.2, 0.25) is 0 Å². The molecule has 0 radical (unpaired) electrons. The number of carbonyl (C=O) groups is 1. The molecule has 1 aromatic carbocycles.